The molecule has 0 radical (unpaired) electrons. The Balaban J connectivity index is 1.89. The van der Waals surface area contributed by atoms with Gasteiger partial charge in [-0.2, -0.15) is 0 Å². The zero-order valence-electron chi connectivity index (χ0n) is 13.5. The van der Waals surface area contributed by atoms with Crippen molar-refractivity contribution in [1.29, 1.82) is 0 Å². The van der Waals surface area contributed by atoms with Crippen molar-refractivity contribution in [2.24, 2.45) is 5.92 Å². The first-order chi connectivity index (χ1) is 9.70. The van der Waals surface area contributed by atoms with E-state index in [1.54, 1.807) is 0 Å². The molecule has 1 heteroatoms. The molecule has 2 rings (SSSR count). The average molecular weight is 273 g/mol. The van der Waals surface area contributed by atoms with Gasteiger partial charge < -0.3 is 5.32 Å². The third kappa shape index (κ3) is 4.34. The molecule has 1 N–H and O–H groups in total. The molecule has 112 valence electrons. The summed E-state index contributed by atoms with van der Waals surface area (Å²) in [5.74, 6) is 0.829. The number of benzene rings is 1. The number of aryl methyl sites for hydroxylation is 1. The van der Waals surface area contributed by atoms with E-state index in [-0.39, 0.29) is 0 Å². The van der Waals surface area contributed by atoms with Gasteiger partial charge in [0.05, 0.1) is 0 Å². The third-order valence-corrected chi connectivity index (χ3v) is 4.87. The Bertz CT molecular complexity index is 381. The largest absolute Gasteiger partial charge is 0.307 e. The van der Waals surface area contributed by atoms with Crippen molar-refractivity contribution < 1.29 is 0 Å². The maximum absolute atomic E-state index is 3.85. The molecular weight excluding hydrogens is 242 g/mol. The van der Waals surface area contributed by atoms with E-state index in [1.165, 1.54) is 56.1 Å². The second kappa shape index (κ2) is 7.83. The molecule has 0 aromatic heterocycles. The standard InChI is InChI=1S/C19H31N/c1-4-5-9-17-11-13-18(14-12-17)16(3)20-19-10-7-6-8-15(19)2/h11-16,19-20H,4-10H2,1-3H3. The minimum absolute atomic E-state index is 0.473. The average Bonchev–Trinajstić information content (AvgIpc) is 2.48. The van der Waals surface area contributed by atoms with E-state index < -0.39 is 0 Å². The van der Waals surface area contributed by atoms with Crippen LogP contribution in [-0.4, -0.2) is 6.04 Å². The number of rotatable bonds is 6. The number of unbranched alkanes of at least 4 members (excludes halogenated alkanes) is 1. The highest BCUT2D eigenvalue weighted by molar-refractivity contribution is 5.25. The molecule has 1 fully saturated rings. The summed E-state index contributed by atoms with van der Waals surface area (Å²) in [5, 5.41) is 3.85. The lowest BCUT2D eigenvalue weighted by atomic mass is 9.85. The second-order valence-corrected chi connectivity index (χ2v) is 6.60. The second-order valence-electron chi connectivity index (χ2n) is 6.60. The molecule has 0 aliphatic heterocycles. The van der Waals surface area contributed by atoms with Crippen LogP contribution < -0.4 is 5.32 Å². The Hall–Kier alpha value is -0.820. The summed E-state index contributed by atoms with van der Waals surface area (Å²) in [5.41, 5.74) is 2.91. The van der Waals surface area contributed by atoms with Crippen molar-refractivity contribution in [3.8, 4) is 0 Å². The van der Waals surface area contributed by atoms with E-state index in [1.807, 2.05) is 0 Å². The Morgan fingerprint density at radius 2 is 1.85 bits per heavy atom. The van der Waals surface area contributed by atoms with Crippen molar-refractivity contribution in [2.75, 3.05) is 0 Å². The zero-order chi connectivity index (χ0) is 14.4. The van der Waals surface area contributed by atoms with Crippen molar-refractivity contribution in [3.63, 3.8) is 0 Å². The zero-order valence-corrected chi connectivity index (χ0v) is 13.5. The monoisotopic (exact) mass is 273 g/mol. The van der Waals surface area contributed by atoms with Crippen LogP contribution in [0.5, 0.6) is 0 Å². The van der Waals surface area contributed by atoms with Gasteiger partial charge in [-0.25, -0.2) is 0 Å². The van der Waals surface area contributed by atoms with E-state index in [0.717, 1.165) is 5.92 Å². The predicted octanol–water partition coefficient (Wildman–Crippen LogP) is 5.26. The van der Waals surface area contributed by atoms with Crippen molar-refractivity contribution in [1.82, 2.24) is 5.32 Å². The van der Waals surface area contributed by atoms with Crippen LogP contribution in [0.15, 0.2) is 24.3 Å². The lowest BCUT2D eigenvalue weighted by molar-refractivity contribution is 0.263. The van der Waals surface area contributed by atoms with E-state index >= 15 is 0 Å². The Morgan fingerprint density at radius 1 is 1.15 bits per heavy atom. The first-order valence-electron chi connectivity index (χ1n) is 8.55. The normalized spacial score (nSPS) is 24.6. The molecule has 1 nitrogen and oxygen atoms in total. The Labute approximate surface area is 125 Å². The van der Waals surface area contributed by atoms with Crippen LogP contribution in [0.3, 0.4) is 0 Å². The molecule has 3 atom stereocenters. The molecule has 0 spiro atoms. The molecule has 0 bridgehead atoms. The maximum Gasteiger partial charge on any atom is 0.0294 e. The molecule has 20 heavy (non-hydrogen) atoms. The van der Waals surface area contributed by atoms with Crippen LogP contribution >= 0.6 is 0 Å². The van der Waals surface area contributed by atoms with Crippen LogP contribution in [-0.2, 0) is 6.42 Å². The van der Waals surface area contributed by atoms with Gasteiger partial charge in [0.1, 0.15) is 0 Å². The number of hydrogen-bond donors (Lipinski definition) is 1. The Morgan fingerprint density at radius 3 is 2.50 bits per heavy atom. The summed E-state index contributed by atoms with van der Waals surface area (Å²) >= 11 is 0. The van der Waals surface area contributed by atoms with E-state index in [0.29, 0.717) is 12.1 Å². The number of hydrogen-bond acceptors (Lipinski definition) is 1. The van der Waals surface area contributed by atoms with E-state index in [9.17, 15) is 0 Å². The van der Waals surface area contributed by atoms with Gasteiger partial charge in [0, 0.05) is 12.1 Å². The lowest BCUT2D eigenvalue weighted by Crippen LogP contribution is -2.38. The van der Waals surface area contributed by atoms with Crippen LogP contribution in [0.4, 0.5) is 0 Å². The smallest absolute Gasteiger partial charge is 0.0294 e. The highest BCUT2D eigenvalue weighted by Crippen LogP contribution is 2.26. The predicted molar refractivity (Wildman–Crippen MR) is 88.0 cm³/mol. The van der Waals surface area contributed by atoms with Gasteiger partial charge in [0.2, 0.25) is 0 Å². The SMILES string of the molecule is CCCCc1ccc(C(C)NC2CCCCC2C)cc1. The van der Waals surface area contributed by atoms with E-state index in [2.05, 4.69) is 50.4 Å². The fraction of sp³-hybridized carbons (Fsp3) is 0.684. The first kappa shape index (κ1) is 15.6. The molecular formula is C19H31N. The summed E-state index contributed by atoms with van der Waals surface area (Å²) in [6.45, 7) is 6.96. The molecule has 1 aromatic rings. The summed E-state index contributed by atoms with van der Waals surface area (Å²) in [4.78, 5) is 0. The van der Waals surface area contributed by atoms with Gasteiger partial charge in [-0.15, -0.1) is 0 Å². The molecule has 1 saturated carbocycles. The van der Waals surface area contributed by atoms with Gasteiger partial charge in [-0.3, -0.25) is 0 Å². The molecule has 0 saturated heterocycles. The number of nitrogens with one attached hydrogen (secondary N) is 1. The van der Waals surface area contributed by atoms with Crippen LogP contribution in [0.25, 0.3) is 0 Å². The van der Waals surface area contributed by atoms with Gasteiger partial charge in [-0.05, 0) is 49.7 Å². The van der Waals surface area contributed by atoms with Gasteiger partial charge in [-0.1, -0.05) is 57.4 Å². The van der Waals surface area contributed by atoms with Crippen LogP contribution in [0.1, 0.15) is 76.5 Å². The molecule has 3 unspecified atom stereocenters. The summed E-state index contributed by atoms with van der Waals surface area (Å²) < 4.78 is 0. The topological polar surface area (TPSA) is 12.0 Å². The summed E-state index contributed by atoms with van der Waals surface area (Å²) in [6, 6.07) is 10.4. The summed E-state index contributed by atoms with van der Waals surface area (Å²) in [7, 11) is 0. The summed E-state index contributed by atoms with van der Waals surface area (Å²) in [6.07, 6.45) is 9.34. The quantitative estimate of drug-likeness (QED) is 0.745. The molecule has 0 amide bonds. The van der Waals surface area contributed by atoms with Crippen molar-refractivity contribution in [2.45, 2.75) is 77.8 Å². The molecule has 1 aliphatic rings. The Kier molecular flexibility index (Phi) is 6.09. The molecule has 1 aliphatic carbocycles. The van der Waals surface area contributed by atoms with Gasteiger partial charge >= 0.3 is 0 Å². The molecule has 0 heterocycles. The highest BCUT2D eigenvalue weighted by Gasteiger charge is 2.22. The minimum atomic E-state index is 0.473. The van der Waals surface area contributed by atoms with Gasteiger partial charge in [0.25, 0.3) is 0 Å². The highest BCUT2D eigenvalue weighted by atomic mass is 15.0. The fourth-order valence-electron chi connectivity index (χ4n) is 3.34. The minimum Gasteiger partial charge on any atom is -0.307 e. The van der Waals surface area contributed by atoms with Crippen molar-refractivity contribution >= 4 is 0 Å². The lowest BCUT2D eigenvalue weighted by Gasteiger charge is -2.32. The van der Waals surface area contributed by atoms with Crippen LogP contribution in [0, 0.1) is 5.92 Å². The maximum atomic E-state index is 3.85. The fourth-order valence-corrected chi connectivity index (χ4v) is 3.34. The van der Waals surface area contributed by atoms with Crippen molar-refractivity contribution in [3.05, 3.63) is 35.4 Å². The van der Waals surface area contributed by atoms with E-state index in [4.69, 9.17) is 0 Å². The third-order valence-electron chi connectivity index (χ3n) is 4.87. The van der Waals surface area contributed by atoms with Crippen LogP contribution in [0.2, 0.25) is 0 Å². The molecule has 1 aromatic carbocycles. The van der Waals surface area contributed by atoms with Gasteiger partial charge in [0.15, 0.2) is 0 Å². The first-order valence-corrected chi connectivity index (χ1v) is 8.55.